The lowest BCUT2D eigenvalue weighted by molar-refractivity contribution is 0.425. The van der Waals surface area contributed by atoms with Gasteiger partial charge in [-0.2, -0.15) is 5.26 Å². The van der Waals surface area contributed by atoms with Crippen LogP contribution in [0.15, 0.2) is 18.2 Å². The molecule has 0 radical (unpaired) electrons. The lowest BCUT2D eigenvalue weighted by atomic mass is 9.94. The molecule has 0 spiro atoms. The second-order valence-electron chi connectivity index (χ2n) is 6.44. The third-order valence-electron chi connectivity index (χ3n) is 4.88. The molecule has 1 saturated carbocycles. The van der Waals surface area contributed by atoms with E-state index in [1.54, 1.807) is 4.80 Å². The molecule has 120 valence electrons. The van der Waals surface area contributed by atoms with Gasteiger partial charge in [-0.3, -0.25) is 0 Å². The van der Waals surface area contributed by atoms with Crippen LogP contribution < -0.4 is 4.90 Å². The topological polar surface area (TPSA) is 57.7 Å². The number of nitrogens with zero attached hydrogens (tertiary/aromatic N) is 5. The highest BCUT2D eigenvalue weighted by Gasteiger charge is 2.24. The minimum atomic E-state index is 0.399. The molecule has 1 fully saturated rings. The lowest BCUT2D eigenvalue weighted by Crippen LogP contribution is -2.34. The number of hydrogen-bond donors (Lipinski definition) is 0. The van der Waals surface area contributed by atoms with Gasteiger partial charge >= 0.3 is 0 Å². The van der Waals surface area contributed by atoms with E-state index in [9.17, 15) is 5.26 Å². The Hall–Kier alpha value is -2.35. The zero-order chi connectivity index (χ0) is 16.4. The van der Waals surface area contributed by atoms with Crippen LogP contribution in [0.3, 0.4) is 0 Å². The third-order valence-corrected chi connectivity index (χ3v) is 4.88. The Morgan fingerprint density at radius 2 is 1.87 bits per heavy atom. The van der Waals surface area contributed by atoms with Gasteiger partial charge in [-0.1, -0.05) is 25.3 Å². The number of rotatable bonds is 3. The molecule has 0 amide bonds. The molecule has 0 saturated heterocycles. The maximum atomic E-state index is 9.43. The van der Waals surface area contributed by atoms with Crippen LogP contribution in [0.25, 0.3) is 5.69 Å². The predicted molar refractivity (Wildman–Crippen MR) is 90.8 cm³/mol. The van der Waals surface area contributed by atoms with Gasteiger partial charge in [-0.15, -0.1) is 15.0 Å². The van der Waals surface area contributed by atoms with Gasteiger partial charge in [-0.05, 0) is 49.9 Å². The molecule has 23 heavy (non-hydrogen) atoms. The first-order chi connectivity index (χ1) is 11.1. The molecule has 2 aromatic rings. The van der Waals surface area contributed by atoms with E-state index >= 15 is 0 Å². The summed E-state index contributed by atoms with van der Waals surface area (Å²) in [5, 5.41) is 18.4. The maximum Gasteiger partial charge on any atom is 0.207 e. The van der Waals surface area contributed by atoms with Gasteiger partial charge in [0.05, 0.1) is 5.69 Å². The van der Waals surface area contributed by atoms with Crippen LogP contribution >= 0.6 is 0 Å². The van der Waals surface area contributed by atoms with Gasteiger partial charge in [0.1, 0.15) is 6.07 Å². The molecule has 1 heterocycles. The average Bonchev–Trinajstić information content (AvgIpc) is 3.02. The summed E-state index contributed by atoms with van der Waals surface area (Å²) in [6.45, 7) is 4.15. The maximum absolute atomic E-state index is 9.43. The summed E-state index contributed by atoms with van der Waals surface area (Å²) in [6, 6.07) is 8.77. The molecule has 0 unspecified atom stereocenters. The normalized spacial score (nSPS) is 15.4. The molecular weight excluding hydrogens is 286 g/mol. The smallest absolute Gasteiger partial charge is 0.207 e. The summed E-state index contributed by atoms with van der Waals surface area (Å²) in [7, 11) is 2.03. The van der Waals surface area contributed by atoms with Crippen LogP contribution in [0.1, 0.15) is 48.9 Å². The highest BCUT2D eigenvalue weighted by atomic mass is 15.5. The Balaban J connectivity index is 1.94. The number of anilines is 1. The van der Waals surface area contributed by atoms with E-state index < -0.39 is 0 Å². The highest BCUT2D eigenvalue weighted by molar-refractivity contribution is 5.51. The number of nitriles is 1. The monoisotopic (exact) mass is 309 g/mol. The SMILES string of the molecule is Cc1ccc(-n2nc(C#N)c(N(C)C3CCCCC3)n2)cc1C. The van der Waals surface area contributed by atoms with Crippen molar-refractivity contribution in [1.29, 1.82) is 5.26 Å². The molecule has 1 aliphatic rings. The molecule has 5 nitrogen and oxygen atoms in total. The largest absolute Gasteiger partial charge is 0.353 e. The second kappa shape index (κ2) is 6.41. The van der Waals surface area contributed by atoms with Crippen molar-refractivity contribution in [2.24, 2.45) is 0 Å². The number of hydrogen-bond acceptors (Lipinski definition) is 4. The molecule has 0 N–H and O–H groups in total. The van der Waals surface area contributed by atoms with E-state index in [2.05, 4.69) is 47.1 Å². The highest BCUT2D eigenvalue weighted by Crippen LogP contribution is 2.27. The molecular formula is C18H23N5. The zero-order valence-corrected chi connectivity index (χ0v) is 14.1. The van der Waals surface area contributed by atoms with Gasteiger partial charge < -0.3 is 4.90 Å². The van der Waals surface area contributed by atoms with Gasteiger partial charge in [0, 0.05) is 13.1 Å². The van der Waals surface area contributed by atoms with Crippen LogP contribution in [0, 0.1) is 25.2 Å². The van der Waals surface area contributed by atoms with Crippen molar-refractivity contribution in [3.05, 3.63) is 35.0 Å². The van der Waals surface area contributed by atoms with E-state index in [1.807, 2.05) is 13.1 Å². The Morgan fingerprint density at radius 3 is 2.52 bits per heavy atom. The summed E-state index contributed by atoms with van der Waals surface area (Å²) >= 11 is 0. The van der Waals surface area contributed by atoms with E-state index in [4.69, 9.17) is 0 Å². The first kappa shape index (κ1) is 15.5. The molecule has 5 heteroatoms. The molecule has 0 atom stereocenters. The van der Waals surface area contributed by atoms with Gasteiger partial charge in [-0.25, -0.2) is 0 Å². The van der Waals surface area contributed by atoms with Crippen molar-refractivity contribution in [3.8, 4) is 11.8 Å². The van der Waals surface area contributed by atoms with Crippen LogP contribution in [0.2, 0.25) is 0 Å². The summed E-state index contributed by atoms with van der Waals surface area (Å²) in [6.07, 6.45) is 6.14. The van der Waals surface area contributed by atoms with Crippen molar-refractivity contribution in [2.75, 3.05) is 11.9 Å². The van der Waals surface area contributed by atoms with Gasteiger partial charge in [0.25, 0.3) is 0 Å². The Morgan fingerprint density at radius 1 is 1.13 bits per heavy atom. The molecule has 0 bridgehead atoms. The predicted octanol–water partition coefficient (Wildman–Crippen LogP) is 3.52. The van der Waals surface area contributed by atoms with Crippen molar-refractivity contribution in [2.45, 2.75) is 52.0 Å². The summed E-state index contributed by atoms with van der Waals surface area (Å²) < 4.78 is 0. The second-order valence-corrected chi connectivity index (χ2v) is 6.44. The minimum absolute atomic E-state index is 0.399. The van der Waals surface area contributed by atoms with Gasteiger partial charge in [0.2, 0.25) is 5.69 Å². The van der Waals surface area contributed by atoms with Gasteiger partial charge in [0.15, 0.2) is 5.82 Å². The summed E-state index contributed by atoms with van der Waals surface area (Å²) in [5.74, 6) is 0.692. The molecule has 1 aliphatic carbocycles. The Kier molecular flexibility index (Phi) is 4.33. The lowest BCUT2D eigenvalue weighted by Gasteiger charge is -2.31. The Bertz CT molecular complexity index is 734. The Labute approximate surface area is 137 Å². The average molecular weight is 309 g/mol. The fourth-order valence-electron chi connectivity index (χ4n) is 3.22. The van der Waals surface area contributed by atoms with Crippen LogP contribution in [0.5, 0.6) is 0 Å². The van der Waals surface area contributed by atoms with Crippen molar-refractivity contribution >= 4 is 5.82 Å². The summed E-state index contributed by atoms with van der Waals surface area (Å²) in [4.78, 5) is 3.72. The standard InChI is InChI=1S/C18H23N5/c1-13-9-10-16(11-14(13)2)23-20-17(12-19)18(21-23)22(3)15-7-5-4-6-8-15/h9-11,15H,4-8H2,1-3H3. The van der Waals surface area contributed by atoms with Crippen LogP contribution in [-0.2, 0) is 0 Å². The van der Waals surface area contributed by atoms with E-state index in [1.165, 1.54) is 30.4 Å². The summed E-state index contributed by atoms with van der Waals surface area (Å²) in [5.41, 5.74) is 3.73. The number of aromatic nitrogens is 3. The van der Waals surface area contributed by atoms with E-state index in [0.717, 1.165) is 18.5 Å². The molecule has 1 aromatic heterocycles. The minimum Gasteiger partial charge on any atom is -0.353 e. The van der Waals surface area contributed by atoms with Crippen molar-refractivity contribution in [3.63, 3.8) is 0 Å². The third kappa shape index (κ3) is 3.07. The fourth-order valence-corrected chi connectivity index (χ4v) is 3.22. The molecule has 3 rings (SSSR count). The molecule has 0 aliphatic heterocycles. The molecule has 1 aromatic carbocycles. The van der Waals surface area contributed by atoms with Crippen LogP contribution in [0.4, 0.5) is 5.82 Å². The number of aryl methyl sites for hydroxylation is 2. The quantitative estimate of drug-likeness (QED) is 0.870. The fraction of sp³-hybridized carbons (Fsp3) is 0.500. The van der Waals surface area contributed by atoms with Crippen LogP contribution in [-0.4, -0.2) is 28.1 Å². The van der Waals surface area contributed by atoms with Crippen molar-refractivity contribution in [1.82, 2.24) is 15.0 Å². The number of benzene rings is 1. The van der Waals surface area contributed by atoms with Crippen molar-refractivity contribution < 1.29 is 0 Å². The first-order valence-electron chi connectivity index (χ1n) is 8.28. The zero-order valence-electron chi connectivity index (χ0n) is 14.1. The van der Waals surface area contributed by atoms with E-state index in [-0.39, 0.29) is 0 Å². The van der Waals surface area contributed by atoms with E-state index in [0.29, 0.717) is 17.6 Å². The first-order valence-corrected chi connectivity index (χ1v) is 8.28.